The molecule has 0 rings (SSSR count). The highest BCUT2D eigenvalue weighted by Crippen LogP contribution is 2.20. The summed E-state index contributed by atoms with van der Waals surface area (Å²) >= 11 is 0. The molecule has 0 aliphatic carbocycles. The first-order valence-electron chi connectivity index (χ1n) is 7.52. The Labute approximate surface area is 104 Å². The van der Waals surface area contributed by atoms with Crippen LogP contribution >= 0.6 is 0 Å². The average Bonchev–Trinajstić information content (AvgIpc) is 2.26. The van der Waals surface area contributed by atoms with Gasteiger partial charge in [-0.25, -0.2) is 0 Å². The molecule has 0 spiro atoms. The van der Waals surface area contributed by atoms with Gasteiger partial charge in [0.15, 0.2) is 0 Å². The van der Waals surface area contributed by atoms with Crippen molar-refractivity contribution in [1.82, 2.24) is 0 Å². The van der Waals surface area contributed by atoms with E-state index < -0.39 is 0 Å². The molecular formula is C16H33. The minimum atomic E-state index is 0.882. The molecule has 1 atom stereocenters. The van der Waals surface area contributed by atoms with Gasteiger partial charge in [0.2, 0.25) is 0 Å². The number of rotatable bonds is 11. The summed E-state index contributed by atoms with van der Waals surface area (Å²) in [6, 6.07) is 0. The van der Waals surface area contributed by atoms with E-state index in [1.165, 1.54) is 57.8 Å². The number of unbranched alkanes of at least 4 members (excludes halogenated alkanes) is 4. The van der Waals surface area contributed by atoms with Gasteiger partial charge < -0.3 is 0 Å². The van der Waals surface area contributed by atoms with Crippen molar-refractivity contribution in [3.05, 3.63) is 6.42 Å². The van der Waals surface area contributed by atoms with Gasteiger partial charge in [-0.15, -0.1) is 0 Å². The third-order valence-electron chi connectivity index (χ3n) is 3.48. The van der Waals surface area contributed by atoms with Gasteiger partial charge in [-0.3, -0.25) is 0 Å². The molecule has 0 heterocycles. The molecule has 0 aromatic heterocycles. The second-order valence-corrected chi connectivity index (χ2v) is 5.62. The highest BCUT2D eigenvalue weighted by atomic mass is 14.1. The Kier molecular flexibility index (Phi) is 11.5. The van der Waals surface area contributed by atoms with Crippen LogP contribution in [0.25, 0.3) is 0 Å². The first kappa shape index (κ1) is 16.0. The molecule has 0 fully saturated rings. The summed E-state index contributed by atoms with van der Waals surface area (Å²) in [6.45, 7) is 9.28. The molecule has 1 unspecified atom stereocenters. The maximum absolute atomic E-state index is 2.55. The normalized spacial score (nSPS) is 13.3. The molecule has 97 valence electrons. The van der Waals surface area contributed by atoms with Gasteiger partial charge in [0.05, 0.1) is 0 Å². The summed E-state index contributed by atoms with van der Waals surface area (Å²) in [5.41, 5.74) is 0. The molecule has 0 nitrogen and oxygen atoms in total. The van der Waals surface area contributed by atoms with Crippen LogP contribution in [-0.2, 0) is 0 Å². The lowest BCUT2D eigenvalue weighted by molar-refractivity contribution is 0.436. The Balaban J connectivity index is 3.27. The Morgan fingerprint density at radius 1 is 0.938 bits per heavy atom. The van der Waals surface area contributed by atoms with E-state index in [0.29, 0.717) is 0 Å². The molecule has 0 saturated heterocycles. The maximum atomic E-state index is 2.55. The fourth-order valence-corrected chi connectivity index (χ4v) is 2.18. The predicted molar refractivity (Wildman–Crippen MR) is 75.5 cm³/mol. The highest BCUT2D eigenvalue weighted by molar-refractivity contribution is 4.70. The van der Waals surface area contributed by atoms with E-state index in [4.69, 9.17) is 0 Å². The Bertz CT molecular complexity index is 126. The molecule has 0 aliphatic rings. The fraction of sp³-hybridized carbons (Fsp3) is 0.938. The first-order valence-corrected chi connectivity index (χ1v) is 7.52. The van der Waals surface area contributed by atoms with Crippen LogP contribution in [0.3, 0.4) is 0 Å². The fourth-order valence-electron chi connectivity index (χ4n) is 2.18. The molecule has 0 aliphatic heterocycles. The molecule has 0 aromatic rings. The maximum Gasteiger partial charge on any atom is -0.0383 e. The van der Waals surface area contributed by atoms with E-state index >= 15 is 0 Å². The van der Waals surface area contributed by atoms with Gasteiger partial charge in [-0.1, -0.05) is 79.1 Å². The molecule has 0 bridgehead atoms. The summed E-state index contributed by atoms with van der Waals surface area (Å²) < 4.78 is 0. The van der Waals surface area contributed by atoms with Crippen LogP contribution in [0, 0.1) is 18.3 Å². The molecule has 0 N–H and O–H groups in total. The van der Waals surface area contributed by atoms with Crippen molar-refractivity contribution in [2.24, 2.45) is 11.8 Å². The number of hydrogen-bond donors (Lipinski definition) is 0. The van der Waals surface area contributed by atoms with Crippen LogP contribution in [0.5, 0.6) is 0 Å². The largest absolute Gasteiger partial charge is 0.0654 e. The van der Waals surface area contributed by atoms with E-state index in [1.54, 1.807) is 0 Å². The summed E-state index contributed by atoms with van der Waals surface area (Å²) in [4.78, 5) is 0. The van der Waals surface area contributed by atoms with Crippen LogP contribution in [0.2, 0.25) is 0 Å². The van der Waals surface area contributed by atoms with Gasteiger partial charge in [-0.2, -0.15) is 0 Å². The summed E-state index contributed by atoms with van der Waals surface area (Å²) in [6.07, 6.45) is 15.0. The van der Waals surface area contributed by atoms with Crippen molar-refractivity contribution in [1.29, 1.82) is 0 Å². The second-order valence-electron chi connectivity index (χ2n) is 5.62. The van der Waals surface area contributed by atoms with Crippen LogP contribution in [-0.4, -0.2) is 0 Å². The molecule has 0 heteroatoms. The van der Waals surface area contributed by atoms with Gasteiger partial charge in [0, 0.05) is 0 Å². The lowest BCUT2D eigenvalue weighted by Gasteiger charge is -2.13. The Morgan fingerprint density at radius 3 is 2.25 bits per heavy atom. The van der Waals surface area contributed by atoms with Crippen molar-refractivity contribution in [2.45, 2.75) is 85.5 Å². The van der Waals surface area contributed by atoms with E-state index in [0.717, 1.165) is 11.8 Å². The van der Waals surface area contributed by atoms with E-state index in [9.17, 15) is 0 Å². The zero-order valence-electron chi connectivity index (χ0n) is 12.1. The zero-order chi connectivity index (χ0) is 12.2. The van der Waals surface area contributed by atoms with Gasteiger partial charge in [0.25, 0.3) is 0 Å². The minimum absolute atomic E-state index is 0.882. The molecule has 16 heavy (non-hydrogen) atoms. The third-order valence-corrected chi connectivity index (χ3v) is 3.48. The third kappa shape index (κ3) is 10.5. The monoisotopic (exact) mass is 225 g/mol. The first-order chi connectivity index (χ1) is 7.70. The molecule has 1 radical (unpaired) electrons. The van der Waals surface area contributed by atoms with Crippen molar-refractivity contribution < 1.29 is 0 Å². The average molecular weight is 225 g/mol. The smallest absolute Gasteiger partial charge is 0.0383 e. The van der Waals surface area contributed by atoms with Crippen molar-refractivity contribution in [3.8, 4) is 0 Å². The van der Waals surface area contributed by atoms with Crippen molar-refractivity contribution in [3.63, 3.8) is 0 Å². The van der Waals surface area contributed by atoms with E-state index in [1.807, 2.05) is 0 Å². The van der Waals surface area contributed by atoms with Crippen LogP contribution in [0.4, 0.5) is 0 Å². The molecule has 0 amide bonds. The van der Waals surface area contributed by atoms with Gasteiger partial charge in [0.1, 0.15) is 0 Å². The van der Waals surface area contributed by atoms with Gasteiger partial charge >= 0.3 is 0 Å². The topological polar surface area (TPSA) is 0 Å². The van der Waals surface area contributed by atoms with Crippen LogP contribution < -0.4 is 0 Å². The second kappa shape index (κ2) is 11.5. The van der Waals surface area contributed by atoms with Crippen LogP contribution in [0.15, 0.2) is 0 Å². The Morgan fingerprint density at radius 2 is 1.69 bits per heavy atom. The standard InChI is InChI=1S/C16H33/c1-5-7-13-16(6-2)14-11-9-8-10-12-15(3)4/h11,15-16H,5-10,12-14H2,1-4H3. The van der Waals surface area contributed by atoms with Crippen LogP contribution in [0.1, 0.15) is 85.5 Å². The van der Waals surface area contributed by atoms with E-state index in [2.05, 4.69) is 34.1 Å². The zero-order valence-corrected chi connectivity index (χ0v) is 12.1. The summed E-state index contributed by atoms with van der Waals surface area (Å²) in [7, 11) is 0. The SMILES string of the molecule is CCCCC(CC)C[CH]CCCCC(C)C. The quantitative estimate of drug-likeness (QED) is 0.377. The lowest BCUT2D eigenvalue weighted by Crippen LogP contribution is -1.99. The van der Waals surface area contributed by atoms with Gasteiger partial charge in [-0.05, 0) is 24.7 Å². The van der Waals surface area contributed by atoms with Crippen molar-refractivity contribution >= 4 is 0 Å². The summed E-state index contributed by atoms with van der Waals surface area (Å²) in [5.74, 6) is 1.85. The van der Waals surface area contributed by atoms with Crippen molar-refractivity contribution in [2.75, 3.05) is 0 Å². The molecular weight excluding hydrogens is 192 g/mol. The molecule has 0 aromatic carbocycles. The minimum Gasteiger partial charge on any atom is -0.0654 e. The highest BCUT2D eigenvalue weighted by Gasteiger charge is 2.05. The summed E-state index contributed by atoms with van der Waals surface area (Å²) in [5, 5.41) is 0. The molecule has 0 saturated carbocycles. The van der Waals surface area contributed by atoms with E-state index in [-0.39, 0.29) is 0 Å². The Hall–Kier alpha value is 0. The lowest BCUT2D eigenvalue weighted by atomic mass is 9.93. The predicted octanol–water partition coefficient (Wildman–Crippen LogP) is 6.01. The number of hydrogen-bond acceptors (Lipinski definition) is 0.